The van der Waals surface area contributed by atoms with Gasteiger partial charge in [-0.25, -0.2) is 0 Å². The molecule has 0 aliphatic rings. The van der Waals surface area contributed by atoms with Gasteiger partial charge in [0.1, 0.15) is 35.0 Å². The van der Waals surface area contributed by atoms with Crippen LogP contribution in [0.2, 0.25) is 0 Å². The van der Waals surface area contributed by atoms with E-state index in [-0.39, 0.29) is 5.56 Å². The monoisotopic (exact) mass is 306 g/mol. The van der Waals surface area contributed by atoms with Crippen LogP contribution in [-0.2, 0) is 0 Å². The maximum Gasteiger partial charge on any atom is 0.146 e. The first-order valence-electron chi connectivity index (χ1n) is 7.62. The van der Waals surface area contributed by atoms with Crippen LogP contribution in [0.25, 0.3) is 0 Å². The van der Waals surface area contributed by atoms with E-state index in [0.717, 1.165) is 18.6 Å². The summed E-state index contributed by atoms with van der Waals surface area (Å²) in [4.78, 5) is 0. The molecule has 0 saturated heterocycles. The first kappa shape index (κ1) is 16.4. The van der Waals surface area contributed by atoms with E-state index in [2.05, 4.69) is 6.92 Å². The fourth-order valence-corrected chi connectivity index (χ4v) is 2.10. The van der Waals surface area contributed by atoms with Crippen LogP contribution in [0.4, 0.5) is 0 Å². The molecule has 2 rings (SSSR count). The van der Waals surface area contributed by atoms with Gasteiger partial charge in [0.2, 0.25) is 0 Å². The summed E-state index contributed by atoms with van der Waals surface area (Å²) in [6.07, 6.45) is 3.37. The van der Waals surface area contributed by atoms with Crippen molar-refractivity contribution >= 4 is 0 Å². The quantitative estimate of drug-likeness (QED) is 0.690. The molecule has 0 aromatic heterocycles. The molecule has 0 aliphatic heterocycles. The minimum atomic E-state index is 0.245. The van der Waals surface area contributed by atoms with Gasteiger partial charge in [0, 0.05) is 0 Å². The van der Waals surface area contributed by atoms with Gasteiger partial charge in [-0.05, 0) is 42.8 Å². The van der Waals surface area contributed by atoms with Crippen molar-refractivity contribution in [2.75, 3.05) is 6.61 Å². The third kappa shape index (κ3) is 4.49. The van der Waals surface area contributed by atoms with E-state index in [1.54, 1.807) is 30.3 Å². The Bertz CT molecular complexity index is 725. The molecule has 0 heterocycles. The summed E-state index contributed by atoms with van der Waals surface area (Å²) in [5.41, 5.74) is 0.552. The summed E-state index contributed by atoms with van der Waals surface area (Å²) in [5.74, 6) is 1.76. The van der Waals surface area contributed by atoms with E-state index in [0.29, 0.717) is 23.7 Å². The first-order valence-corrected chi connectivity index (χ1v) is 7.62. The zero-order valence-corrected chi connectivity index (χ0v) is 13.1. The van der Waals surface area contributed by atoms with Crippen molar-refractivity contribution in [3.05, 3.63) is 53.6 Å². The molecule has 2 aromatic carbocycles. The maximum atomic E-state index is 9.19. The molecule has 0 spiro atoms. The Labute approximate surface area is 136 Å². The van der Waals surface area contributed by atoms with Crippen LogP contribution < -0.4 is 9.47 Å². The van der Waals surface area contributed by atoms with E-state index < -0.39 is 0 Å². The fraction of sp³-hybridized carbons (Fsp3) is 0.263. The van der Waals surface area contributed by atoms with Gasteiger partial charge in [0.15, 0.2) is 0 Å². The van der Waals surface area contributed by atoms with Gasteiger partial charge in [-0.15, -0.1) is 0 Å². The van der Waals surface area contributed by atoms with E-state index in [1.165, 1.54) is 6.42 Å². The van der Waals surface area contributed by atoms with Crippen molar-refractivity contribution in [3.63, 3.8) is 0 Å². The molecule has 0 bridgehead atoms. The Kier molecular flexibility index (Phi) is 6.03. The second-order valence-corrected chi connectivity index (χ2v) is 5.03. The Hall–Kier alpha value is -2.98. The number of benzene rings is 2. The molecular formula is C19H18N2O2. The number of hydrogen-bond donors (Lipinski definition) is 0. The lowest BCUT2D eigenvalue weighted by atomic mass is 10.1. The van der Waals surface area contributed by atoms with Crippen LogP contribution >= 0.6 is 0 Å². The standard InChI is InChI=1S/C19H18N2O2/c1-2-3-4-12-22-16-8-10-17(11-9-16)23-19-7-5-6-15(13-20)18(19)14-21/h5-11H,2-4,12H2,1H3. The van der Waals surface area contributed by atoms with Gasteiger partial charge in [0.25, 0.3) is 0 Å². The molecule has 23 heavy (non-hydrogen) atoms. The summed E-state index contributed by atoms with van der Waals surface area (Å²) in [6.45, 7) is 2.86. The molecular weight excluding hydrogens is 288 g/mol. The highest BCUT2D eigenvalue weighted by atomic mass is 16.5. The predicted molar refractivity (Wildman–Crippen MR) is 87.4 cm³/mol. The second kappa shape index (κ2) is 8.46. The van der Waals surface area contributed by atoms with E-state index in [1.807, 2.05) is 24.3 Å². The van der Waals surface area contributed by atoms with E-state index in [4.69, 9.17) is 14.7 Å². The average Bonchev–Trinajstić information content (AvgIpc) is 2.60. The molecule has 0 amide bonds. The van der Waals surface area contributed by atoms with E-state index >= 15 is 0 Å². The molecule has 2 aromatic rings. The second-order valence-electron chi connectivity index (χ2n) is 5.03. The molecule has 0 aliphatic carbocycles. The molecule has 0 saturated carbocycles. The van der Waals surface area contributed by atoms with Gasteiger partial charge in [-0.1, -0.05) is 25.8 Å². The zero-order valence-electron chi connectivity index (χ0n) is 13.1. The Balaban J connectivity index is 2.05. The lowest BCUT2D eigenvalue weighted by Gasteiger charge is -2.09. The summed E-state index contributed by atoms with van der Waals surface area (Å²) >= 11 is 0. The number of ether oxygens (including phenoxy) is 2. The SMILES string of the molecule is CCCCCOc1ccc(Oc2cccc(C#N)c2C#N)cc1. The van der Waals surface area contributed by atoms with Crippen LogP contribution in [0.3, 0.4) is 0 Å². The summed E-state index contributed by atoms with van der Waals surface area (Å²) < 4.78 is 11.4. The summed E-state index contributed by atoms with van der Waals surface area (Å²) in [5, 5.41) is 18.2. The molecule has 4 nitrogen and oxygen atoms in total. The summed E-state index contributed by atoms with van der Waals surface area (Å²) in [7, 11) is 0. The van der Waals surface area contributed by atoms with Crippen LogP contribution in [0.5, 0.6) is 17.2 Å². The number of hydrogen-bond acceptors (Lipinski definition) is 4. The van der Waals surface area contributed by atoms with Crippen LogP contribution in [0.15, 0.2) is 42.5 Å². The molecule has 0 N–H and O–H groups in total. The molecule has 0 unspecified atom stereocenters. The Morgan fingerprint density at radius 2 is 1.65 bits per heavy atom. The van der Waals surface area contributed by atoms with Crippen molar-refractivity contribution < 1.29 is 9.47 Å². The Morgan fingerprint density at radius 1 is 0.913 bits per heavy atom. The minimum absolute atomic E-state index is 0.245. The van der Waals surface area contributed by atoms with Gasteiger partial charge in [0.05, 0.1) is 12.2 Å². The van der Waals surface area contributed by atoms with Gasteiger partial charge >= 0.3 is 0 Å². The van der Waals surface area contributed by atoms with Gasteiger partial charge < -0.3 is 9.47 Å². The van der Waals surface area contributed by atoms with Crippen LogP contribution in [-0.4, -0.2) is 6.61 Å². The van der Waals surface area contributed by atoms with Crippen LogP contribution in [0.1, 0.15) is 37.3 Å². The van der Waals surface area contributed by atoms with Crippen molar-refractivity contribution in [3.8, 4) is 29.4 Å². The molecule has 0 radical (unpaired) electrons. The fourth-order valence-electron chi connectivity index (χ4n) is 2.10. The van der Waals surface area contributed by atoms with Gasteiger partial charge in [-0.2, -0.15) is 10.5 Å². The Morgan fingerprint density at radius 3 is 2.30 bits per heavy atom. The third-order valence-corrected chi connectivity index (χ3v) is 3.33. The van der Waals surface area contributed by atoms with E-state index in [9.17, 15) is 5.26 Å². The number of nitrogens with zero attached hydrogens (tertiary/aromatic N) is 2. The van der Waals surface area contributed by atoms with Gasteiger partial charge in [-0.3, -0.25) is 0 Å². The highest BCUT2D eigenvalue weighted by molar-refractivity contribution is 5.55. The highest BCUT2D eigenvalue weighted by Crippen LogP contribution is 2.28. The van der Waals surface area contributed by atoms with Crippen LogP contribution in [0, 0.1) is 22.7 Å². The summed E-state index contributed by atoms with van der Waals surface area (Å²) in [6, 6.07) is 16.2. The number of nitriles is 2. The topological polar surface area (TPSA) is 66.0 Å². The number of unbranched alkanes of at least 4 members (excludes halogenated alkanes) is 2. The van der Waals surface area contributed by atoms with Crippen molar-refractivity contribution in [2.45, 2.75) is 26.2 Å². The molecule has 4 heteroatoms. The highest BCUT2D eigenvalue weighted by Gasteiger charge is 2.09. The average molecular weight is 306 g/mol. The smallest absolute Gasteiger partial charge is 0.146 e. The maximum absolute atomic E-state index is 9.19. The molecule has 0 fully saturated rings. The minimum Gasteiger partial charge on any atom is -0.494 e. The normalized spacial score (nSPS) is 9.70. The largest absolute Gasteiger partial charge is 0.494 e. The first-order chi connectivity index (χ1) is 11.3. The molecule has 116 valence electrons. The lowest BCUT2D eigenvalue weighted by molar-refractivity contribution is 0.306. The number of rotatable bonds is 7. The van der Waals surface area contributed by atoms with Crippen molar-refractivity contribution in [2.24, 2.45) is 0 Å². The third-order valence-electron chi connectivity index (χ3n) is 3.33. The predicted octanol–water partition coefficient (Wildman–Crippen LogP) is 4.79. The van der Waals surface area contributed by atoms with Crippen molar-refractivity contribution in [1.82, 2.24) is 0 Å². The molecule has 0 atom stereocenters. The van der Waals surface area contributed by atoms with Crippen molar-refractivity contribution in [1.29, 1.82) is 10.5 Å². The lowest BCUT2D eigenvalue weighted by Crippen LogP contribution is -1.97. The zero-order chi connectivity index (χ0) is 16.5.